The van der Waals surface area contributed by atoms with Crippen molar-refractivity contribution >= 4 is 17.6 Å². The minimum atomic E-state index is 0.00985. The van der Waals surface area contributed by atoms with Gasteiger partial charge in [0, 0.05) is 31.2 Å². The largest absolute Gasteiger partial charge is 0.336 e. The highest BCUT2D eigenvalue weighted by Crippen LogP contribution is 2.29. The van der Waals surface area contributed by atoms with Gasteiger partial charge in [0.05, 0.1) is 0 Å². The molecule has 5 heteroatoms. The lowest BCUT2D eigenvalue weighted by atomic mass is 9.81. The smallest absolute Gasteiger partial charge is 0.317 e. The molecule has 0 radical (unpaired) electrons. The van der Waals surface area contributed by atoms with E-state index < -0.39 is 0 Å². The predicted octanol–water partition coefficient (Wildman–Crippen LogP) is 3.48. The maximum Gasteiger partial charge on any atom is 0.317 e. The van der Waals surface area contributed by atoms with Crippen LogP contribution in [0.15, 0.2) is 30.3 Å². The zero-order chi connectivity index (χ0) is 17.5. The van der Waals surface area contributed by atoms with Crippen molar-refractivity contribution in [2.24, 2.45) is 11.8 Å². The summed E-state index contributed by atoms with van der Waals surface area (Å²) in [4.78, 5) is 26.4. The van der Waals surface area contributed by atoms with Gasteiger partial charge in [-0.15, -0.1) is 0 Å². The Labute approximate surface area is 144 Å². The summed E-state index contributed by atoms with van der Waals surface area (Å²) in [5.74, 6) is 0.768. The molecular formula is C19H29N3O2. The van der Waals surface area contributed by atoms with Crippen molar-refractivity contribution in [2.45, 2.75) is 46.1 Å². The Morgan fingerprint density at radius 3 is 2.54 bits per heavy atom. The Morgan fingerprint density at radius 2 is 1.92 bits per heavy atom. The zero-order valence-corrected chi connectivity index (χ0v) is 14.9. The van der Waals surface area contributed by atoms with E-state index in [2.05, 4.69) is 17.6 Å². The first kappa shape index (κ1) is 18.3. The summed E-state index contributed by atoms with van der Waals surface area (Å²) < 4.78 is 0. The number of nitrogens with one attached hydrogen (secondary N) is 2. The van der Waals surface area contributed by atoms with Crippen molar-refractivity contribution in [3.05, 3.63) is 30.3 Å². The van der Waals surface area contributed by atoms with Gasteiger partial charge in [-0.05, 0) is 44.2 Å². The van der Waals surface area contributed by atoms with Gasteiger partial charge in [0.25, 0.3) is 0 Å². The normalized spacial score (nSPS) is 20.8. The summed E-state index contributed by atoms with van der Waals surface area (Å²) in [7, 11) is 0. The second kappa shape index (κ2) is 8.71. The van der Waals surface area contributed by atoms with Crippen LogP contribution >= 0.6 is 0 Å². The molecule has 0 aliphatic carbocycles. The van der Waals surface area contributed by atoms with Gasteiger partial charge in [-0.2, -0.15) is 0 Å². The fourth-order valence-electron chi connectivity index (χ4n) is 3.31. The summed E-state index contributed by atoms with van der Waals surface area (Å²) in [6, 6.07) is 9.71. The molecule has 2 N–H and O–H groups in total. The van der Waals surface area contributed by atoms with Crippen LogP contribution in [0, 0.1) is 11.8 Å². The third-order valence-electron chi connectivity index (χ3n) is 4.62. The molecule has 1 saturated heterocycles. The van der Waals surface area contributed by atoms with Crippen LogP contribution in [0.2, 0.25) is 0 Å². The van der Waals surface area contributed by atoms with E-state index >= 15 is 0 Å². The Balaban J connectivity index is 1.88. The number of anilines is 1. The number of hydrogen-bond donors (Lipinski definition) is 2. The van der Waals surface area contributed by atoms with E-state index in [0.717, 1.165) is 31.6 Å². The van der Waals surface area contributed by atoms with Crippen molar-refractivity contribution < 1.29 is 9.59 Å². The number of urea groups is 1. The van der Waals surface area contributed by atoms with E-state index in [1.807, 2.05) is 49.1 Å². The van der Waals surface area contributed by atoms with E-state index in [9.17, 15) is 9.59 Å². The van der Waals surface area contributed by atoms with Crippen LogP contribution < -0.4 is 10.6 Å². The lowest BCUT2D eigenvalue weighted by molar-refractivity contribution is -0.117. The van der Waals surface area contributed by atoms with Crippen molar-refractivity contribution in [3.8, 4) is 0 Å². The number of para-hydroxylation sites is 1. The zero-order valence-electron chi connectivity index (χ0n) is 14.9. The van der Waals surface area contributed by atoms with Gasteiger partial charge in [0.1, 0.15) is 0 Å². The SMILES string of the molecule is CC[C@H]1CN(C(=O)NC(C)C)CC[C@H]1CC(=O)Nc1ccccc1. The summed E-state index contributed by atoms with van der Waals surface area (Å²) in [6.45, 7) is 7.53. The number of nitrogens with zero attached hydrogens (tertiary/aromatic N) is 1. The molecule has 1 aromatic rings. The molecule has 0 aromatic heterocycles. The fraction of sp³-hybridized carbons (Fsp3) is 0.579. The minimum absolute atomic E-state index is 0.00985. The Morgan fingerprint density at radius 1 is 1.21 bits per heavy atom. The monoisotopic (exact) mass is 331 g/mol. The van der Waals surface area contributed by atoms with Crippen LogP contribution in [0.4, 0.5) is 10.5 Å². The standard InChI is InChI=1S/C19H29N3O2/c1-4-15-13-22(19(24)20-14(2)3)11-10-16(15)12-18(23)21-17-8-6-5-7-9-17/h5-9,14-16H,4,10-13H2,1-3H3,(H,20,24)(H,21,23)/t15-,16-/m0/s1. The Hall–Kier alpha value is -2.04. The average Bonchev–Trinajstić information content (AvgIpc) is 2.55. The minimum Gasteiger partial charge on any atom is -0.336 e. The molecule has 0 spiro atoms. The number of carbonyl (C=O) groups is 2. The molecule has 2 rings (SSSR count). The molecule has 2 atom stereocenters. The van der Waals surface area contributed by atoms with Gasteiger partial charge in [-0.3, -0.25) is 4.79 Å². The molecule has 0 saturated carbocycles. The highest BCUT2D eigenvalue weighted by molar-refractivity contribution is 5.90. The average molecular weight is 331 g/mol. The fourth-order valence-corrected chi connectivity index (χ4v) is 3.31. The van der Waals surface area contributed by atoms with Gasteiger partial charge < -0.3 is 15.5 Å². The van der Waals surface area contributed by atoms with Crippen LogP contribution in [-0.4, -0.2) is 36.0 Å². The number of carbonyl (C=O) groups excluding carboxylic acids is 2. The Bertz CT molecular complexity index is 545. The first-order valence-electron chi connectivity index (χ1n) is 8.90. The maximum atomic E-state index is 12.3. The highest BCUT2D eigenvalue weighted by Gasteiger charge is 2.31. The van der Waals surface area contributed by atoms with Crippen molar-refractivity contribution in [1.29, 1.82) is 0 Å². The van der Waals surface area contributed by atoms with E-state index in [1.54, 1.807) is 0 Å². The number of hydrogen-bond acceptors (Lipinski definition) is 2. The number of benzene rings is 1. The van der Waals surface area contributed by atoms with Crippen LogP contribution in [0.1, 0.15) is 40.0 Å². The second-order valence-corrected chi connectivity index (χ2v) is 6.89. The molecule has 1 fully saturated rings. The third-order valence-corrected chi connectivity index (χ3v) is 4.62. The van der Waals surface area contributed by atoms with Crippen LogP contribution in [0.3, 0.4) is 0 Å². The molecule has 0 unspecified atom stereocenters. The molecule has 5 nitrogen and oxygen atoms in total. The van der Waals surface area contributed by atoms with Gasteiger partial charge in [0.15, 0.2) is 0 Å². The molecule has 0 bridgehead atoms. The highest BCUT2D eigenvalue weighted by atomic mass is 16.2. The number of rotatable bonds is 5. The number of likely N-dealkylation sites (tertiary alicyclic amines) is 1. The number of amides is 3. The second-order valence-electron chi connectivity index (χ2n) is 6.89. The van der Waals surface area contributed by atoms with Gasteiger partial charge in [-0.25, -0.2) is 4.79 Å². The summed E-state index contributed by atoms with van der Waals surface area (Å²) in [5.41, 5.74) is 0.837. The van der Waals surface area contributed by atoms with Crippen LogP contribution in [0.5, 0.6) is 0 Å². The lowest BCUT2D eigenvalue weighted by Crippen LogP contribution is -2.49. The quantitative estimate of drug-likeness (QED) is 0.868. The van der Waals surface area contributed by atoms with Gasteiger partial charge in [-0.1, -0.05) is 31.5 Å². The summed E-state index contributed by atoms with van der Waals surface area (Å²) in [5, 5.41) is 5.92. The molecule has 1 aromatic carbocycles. The molecule has 3 amide bonds. The molecule has 1 aliphatic rings. The molecule has 24 heavy (non-hydrogen) atoms. The van der Waals surface area contributed by atoms with E-state index in [-0.39, 0.29) is 18.0 Å². The molecule has 1 aliphatic heterocycles. The maximum absolute atomic E-state index is 12.3. The van der Waals surface area contributed by atoms with Crippen LogP contribution in [0.25, 0.3) is 0 Å². The van der Waals surface area contributed by atoms with Crippen LogP contribution in [-0.2, 0) is 4.79 Å². The van der Waals surface area contributed by atoms with Crippen molar-refractivity contribution in [3.63, 3.8) is 0 Å². The third kappa shape index (κ3) is 5.25. The Kier molecular flexibility index (Phi) is 6.64. The topological polar surface area (TPSA) is 61.4 Å². The summed E-state index contributed by atoms with van der Waals surface area (Å²) >= 11 is 0. The number of piperidine rings is 1. The van der Waals surface area contributed by atoms with E-state index in [0.29, 0.717) is 18.3 Å². The van der Waals surface area contributed by atoms with E-state index in [4.69, 9.17) is 0 Å². The molecule has 132 valence electrons. The first-order valence-corrected chi connectivity index (χ1v) is 8.90. The van der Waals surface area contributed by atoms with Gasteiger partial charge >= 0.3 is 6.03 Å². The molecule has 1 heterocycles. The first-order chi connectivity index (χ1) is 11.5. The van der Waals surface area contributed by atoms with E-state index in [1.165, 1.54) is 0 Å². The van der Waals surface area contributed by atoms with Crippen molar-refractivity contribution in [2.75, 3.05) is 18.4 Å². The lowest BCUT2D eigenvalue weighted by Gasteiger charge is -2.38. The summed E-state index contributed by atoms with van der Waals surface area (Å²) in [6.07, 6.45) is 2.38. The molecular weight excluding hydrogens is 302 g/mol. The van der Waals surface area contributed by atoms with Gasteiger partial charge in [0.2, 0.25) is 5.91 Å². The van der Waals surface area contributed by atoms with Crippen molar-refractivity contribution in [1.82, 2.24) is 10.2 Å². The predicted molar refractivity (Wildman–Crippen MR) is 96.8 cm³/mol.